The van der Waals surface area contributed by atoms with Crippen molar-refractivity contribution < 1.29 is 4.79 Å². The lowest BCUT2D eigenvalue weighted by molar-refractivity contribution is -0.115. The van der Waals surface area contributed by atoms with E-state index in [0.29, 0.717) is 0 Å². The maximum Gasteiger partial charge on any atom is 0.237 e. The summed E-state index contributed by atoms with van der Waals surface area (Å²) >= 11 is 1.47. The summed E-state index contributed by atoms with van der Waals surface area (Å²) < 4.78 is 0. The summed E-state index contributed by atoms with van der Waals surface area (Å²) in [4.78, 5) is 20.7. The molecule has 0 fully saturated rings. The highest BCUT2D eigenvalue weighted by molar-refractivity contribution is 8.00. The van der Waals surface area contributed by atoms with Crippen LogP contribution in [-0.2, 0) is 4.79 Å². The van der Waals surface area contributed by atoms with Gasteiger partial charge in [-0.2, -0.15) is 0 Å². The number of thioether (sulfide) groups is 1. The molecule has 0 aliphatic carbocycles. The molecule has 0 bridgehead atoms. The Balaban J connectivity index is 2.06. The van der Waals surface area contributed by atoms with Crippen LogP contribution in [0.5, 0.6) is 0 Å². The van der Waals surface area contributed by atoms with Crippen LogP contribution in [0.25, 0.3) is 0 Å². The van der Waals surface area contributed by atoms with E-state index in [-0.39, 0.29) is 11.2 Å². The third kappa shape index (κ3) is 4.31. The minimum absolute atomic E-state index is 0.00650. The molecule has 1 aromatic carbocycles. The van der Waals surface area contributed by atoms with E-state index >= 15 is 0 Å². The predicted octanol–water partition coefficient (Wildman–Crippen LogP) is 3.91. The number of amides is 1. The summed E-state index contributed by atoms with van der Waals surface area (Å²) in [6.45, 7) is 8.03. The Kier molecular flexibility index (Phi) is 5.55. The fourth-order valence-corrected chi connectivity index (χ4v) is 2.98. The first-order valence-electron chi connectivity index (χ1n) is 7.33. The third-order valence-electron chi connectivity index (χ3n) is 3.48. The van der Waals surface area contributed by atoms with E-state index in [2.05, 4.69) is 22.2 Å². The monoisotopic (exact) mass is 315 g/mol. The Morgan fingerprint density at radius 3 is 2.59 bits per heavy atom. The molecule has 0 saturated heterocycles. The minimum Gasteiger partial charge on any atom is -0.325 e. The van der Waals surface area contributed by atoms with Crippen LogP contribution in [0.3, 0.4) is 0 Å². The number of rotatable bonds is 5. The summed E-state index contributed by atoms with van der Waals surface area (Å²) in [7, 11) is 0. The smallest absolute Gasteiger partial charge is 0.237 e. The summed E-state index contributed by atoms with van der Waals surface area (Å²) in [5, 5.41) is 3.65. The number of hydrogen-bond donors (Lipinski definition) is 1. The number of anilines is 1. The van der Waals surface area contributed by atoms with Crippen LogP contribution in [0.4, 0.5) is 5.69 Å². The lowest BCUT2D eigenvalue weighted by Gasteiger charge is -2.15. The highest BCUT2D eigenvalue weighted by Gasteiger charge is 2.19. The van der Waals surface area contributed by atoms with E-state index in [4.69, 9.17) is 0 Å². The van der Waals surface area contributed by atoms with Crippen molar-refractivity contribution in [2.75, 3.05) is 5.32 Å². The average molecular weight is 315 g/mol. The molecular weight excluding hydrogens is 294 g/mol. The molecule has 2 aromatic rings. The van der Waals surface area contributed by atoms with Gasteiger partial charge < -0.3 is 5.32 Å². The number of nitrogens with one attached hydrogen (secondary N) is 1. The Morgan fingerprint density at radius 2 is 1.95 bits per heavy atom. The zero-order valence-corrected chi connectivity index (χ0v) is 14.2. The molecule has 0 aliphatic heterocycles. The average Bonchev–Trinajstić information content (AvgIpc) is 2.48. The molecular formula is C17H21N3OS. The van der Waals surface area contributed by atoms with Gasteiger partial charge in [-0.3, -0.25) is 4.79 Å². The van der Waals surface area contributed by atoms with Crippen LogP contribution in [-0.4, -0.2) is 21.1 Å². The first-order valence-corrected chi connectivity index (χ1v) is 8.21. The lowest BCUT2D eigenvalue weighted by atomic mass is 10.1. The van der Waals surface area contributed by atoms with Crippen LogP contribution >= 0.6 is 11.8 Å². The Hall–Kier alpha value is -1.88. The quantitative estimate of drug-likeness (QED) is 0.671. The van der Waals surface area contributed by atoms with Gasteiger partial charge in [0.05, 0.1) is 5.25 Å². The second-order valence-corrected chi connectivity index (χ2v) is 6.52. The molecule has 0 aliphatic rings. The van der Waals surface area contributed by atoms with E-state index in [1.54, 1.807) is 0 Å². The number of aryl methyl sites for hydroxylation is 3. The predicted molar refractivity (Wildman–Crippen MR) is 91.3 cm³/mol. The molecule has 2 rings (SSSR count). The summed E-state index contributed by atoms with van der Waals surface area (Å²) in [6.07, 6.45) is 2.27. The number of benzene rings is 1. The van der Waals surface area contributed by atoms with Crippen molar-refractivity contribution in [3.05, 3.63) is 47.4 Å². The van der Waals surface area contributed by atoms with Gasteiger partial charge in [-0.15, -0.1) is 0 Å². The van der Waals surface area contributed by atoms with Gasteiger partial charge in [0.25, 0.3) is 0 Å². The van der Waals surface area contributed by atoms with Crippen molar-refractivity contribution in [2.24, 2.45) is 0 Å². The van der Waals surface area contributed by atoms with E-state index in [9.17, 15) is 4.79 Å². The highest BCUT2D eigenvalue weighted by Crippen LogP contribution is 2.25. The second-order valence-electron chi connectivity index (χ2n) is 5.30. The van der Waals surface area contributed by atoms with Crippen molar-refractivity contribution in [1.29, 1.82) is 0 Å². The number of carbonyl (C=O) groups is 1. The second kappa shape index (κ2) is 7.40. The fraction of sp³-hybridized carbons (Fsp3) is 0.353. The molecule has 1 aromatic heterocycles. The van der Waals surface area contributed by atoms with E-state index in [1.165, 1.54) is 29.2 Å². The van der Waals surface area contributed by atoms with Gasteiger partial charge in [0.15, 0.2) is 0 Å². The summed E-state index contributed by atoms with van der Waals surface area (Å²) in [5.74, 6) is 0.00650. The van der Waals surface area contributed by atoms with Crippen LogP contribution in [0.15, 0.2) is 35.6 Å². The Labute approximate surface area is 135 Å². The Bertz CT molecular complexity index is 673. The molecule has 0 radical (unpaired) electrons. The normalized spacial score (nSPS) is 12.0. The number of nitrogens with zero attached hydrogens (tertiary/aromatic N) is 2. The third-order valence-corrected chi connectivity index (χ3v) is 4.78. The largest absolute Gasteiger partial charge is 0.325 e. The molecule has 1 amide bonds. The fourth-order valence-electron chi connectivity index (χ4n) is 2.00. The van der Waals surface area contributed by atoms with E-state index in [1.807, 2.05) is 45.0 Å². The molecule has 22 heavy (non-hydrogen) atoms. The van der Waals surface area contributed by atoms with Gasteiger partial charge in [-0.1, -0.05) is 24.8 Å². The molecule has 116 valence electrons. The zero-order chi connectivity index (χ0) is 16.1. The SMILES string of the molecule is CC[C@@H](Sc1cc(C)ncn1)C(=O)Nc1ccc(C)c(C)c1. The van der Waals surface area contributed by atoms with Gasteiger partial charge >= 0.3 is 0 Å². The van der Waals surface area contributed by atoms with Gasteiger partial charge in [0.1, 0.15) is 11.4 Å². The molecule has 5 heteroatoms. The molecule has 1 heterocycles. The van der Waals surface area contributed by atoms with Crippen molar-refractivity contribution in [3.8, 4) is 0 Å². The molecule has 0 saturated carbocycles. The molecule has 1 atom stereocenters. The first-order chi connectivity index (χ1) is 10.5. The molecule has 0 unspecified atom stereocenters. The molecule has 4 nitrogen and oxygen atoms in total. The minimum atomic E-state index is -0.170. The van der Waals surface area contributed by atoms with Crippen molar-refractivity contribution in [3.63, 3.8) is 0 Å². The summed E-state index contributed by atoms with van der Waals surface area (Å²) in [5.41, 5.74) is 4.13. The van der Waals surface area contributed by atoms with E-state index < -0.39 is 0 Å². The van der Waals surface area contributed by atoms with Gasteiger partial charge in [-0.25, -0.2) is 9.97 Å². The van der Waals surface area contributed by atoms with Crippen molar-refractivity contribution in [1.82, 2.24) is 9.97 Å². The van der Waals surface area contributed by atoms with E-state index in [0.717, 1.165) is 22.8 Å². The topological polar surface area (TPSA) is 54.9 Å². The highest BCUT2D eigenvalue weighted by atomic mass is 32.2. The number of aromatic nitrogens is 2. The first kappa shape index (κ1) is 16.5. The number of hydrogen-bond acceptors (Lipinski definition) is 4. The molecule has 0 spiro atoms. The van der Waals surface area contributed by atoms with Crippen LogP contribution in [0.2, 0.25) is 0 Å². The lowest BCUT2D eigenvalue weighted by Crippen LogP contribution is -2.24. The van der Waals surface area contributed by atoms with Crippen LogP contribution in [0, 0.1) is 20.8 Å². The summed E-state index contributed by atoms with van der Waals surface area (Å²) in [6, 6.07) is 7.86. The maximum absolute atomic E-state index is 12.5. The zero-order valence-electron chi connectivity index (χ0n) is 13.4. The maximum atomic E-state index is 12.5. The standard InChI is InChI=1S/C17H21N3OS/c1-5-15(22-16-9-13(4)18-10-19-16)17(21)20-14-7-6-11(2)12(3)8-14/h6-10,15H,5H2,1-4H3,(H,20,21)/t15-/m1/s1. The van der Waals surface area contributed by atoms with Crippen molar-refractivity contribution in [2.45, 2.75) is 44.4 Å². The van der Waals surface area contributed by atoms with Gasteiger partial charge in [0, 0.05) is 11.4 Å². The van der Waals surface area contributed by atoms with Gasteiger partial charge in [-0.05, 0) is 56.5 Å². The Morgan fingerprint density at radius 1 is 1.18 bits per heavy atom. The number of carbonyl (C=O) groups excluding carboxylic acids is 1. The van der Waals surface area contributed by atoms with Crippen LogP contribution < -0.4 is 5.32 Å². The van der Waals surface area contributed by atoms with Crippen molar-refractivity contribution >= 4 is 23.4 Å². The van der Waals surface area contributed by atoms with Crippen LogP contribution in [0.1, 0.15) is 30.2 Å². The van der Waals surface area contributed by atoms with Gasteiger partial charge in [0.2, 0.25) is 5.91 Å². The molecule has 1 N–H and O–H groups in total.